The summed E-state index contributed by atoms with van der Waals surface area (Å²) >= 11 is 0. The molecule has 0 unspecified atom stereocenters. The number of likely N-dealkylation sites (tertiary alicyclic amines) is 1. The molecule has 2 aliphatic rings. The van der Waals surface area contributed by atoms with Gasteiger partial charge in [0, 0.05) is 6.42 Å². The second-order valence-corrected chi connectivity index (χ2v) is 8.58. The molecule has 1 fully saturated rings. The van der Waals surface area contributed by atoms with Gasteiger partial charge in [0.15, 0.2) is 0 Å². The van der Waals surface area contributed by atoms with E-state index in [0.717, 1.165) is 29.7 Å². The predicted molar refractivity (Wildman–Crippen MR) is 124 cm³/mol. The number of esters is 1. The number of nitrogens with zero attached hydrogens (tertiary/aromatic N) is 3. The fourth-order valence-corrected chi connectivity index (χ4v) is 4.44. The fraction of sp³-hybridized carbons (Fsp3) is 0.423. The minimum absolute atomic E-state index is 0.00362. The molecule has 6 nitrogen and oxygen atoms in total. The molecule has 2 heterocycles. The minimum atomic E-state index is -0.116. The van der Waals surface area contributed by atoms with Crippen molar-refractivity contribution in [3.8, 4) is 0 Å². The van der Waals surface area contributed by atoms with E-state index < -0.39 is 0 Å². The van der Waals surface area contributed by atoms with Crippen LogP contribution in [0.5, 0.6) is 0 Å². The lowest BCUT2D eigenvalue weighted by molar-refractivity contribution is -0.149. The number of carbonyl (C=O) groups excluding carboxylic acids is 2. The zero-order valence-electron chi connectivity index (χ0n) is 18.9. The molecule has 0 spiro atoms. The Kier molecular flexibility index (Phi) is 7.00. The summed E-state index contributed by atoms with van der Waals surface area (Å²) < 4.78 is 5.15. The van der Waals surface area contributed by atoms with E-state index in [4.69, 9.17) is 9.84 Å². The van der Waals surface area contributed by atoms with Gasteiger partial charge in [-0.3, -0.25) is 14.5 Å². The van der Waals surface area contributed by atoms with Crippen molar-refractivity contribution in [1.82, 2.24) is 9.91 Å². The van der Waals surface area contributed by atoms with Gasteiger partial charge in [0.2, 0.25) is 0 Å². The van der Waals surface area contributed by atoms with Crippen LogP contribution in [0.4, 0.5) is 0 Å². The van der Waals surface area contributed by atoms with Crippen molar-refractivity contribution in [3.63, 3.8) is 0 Å². The third-order valence-corrected chi connectivity index (χ3v) is 6.30. The molecule has 0 aromatic heterocycles. The summed E-state index contributed by atoms with van der Waals surface area (Å²) in [6.07, 6.45) is 2.15. The van der Waals surface area contributed by atoms with Crippen LogP contribution in [0.1, 0.15) is 48.9 Å². The van der Waals surface area contributed by atoms with Gasteiger partial charge in [0.1, 0.15) is 0 Å². The van der Waals surface area contributed by atoms with Crippen molar-refractivity contribution < 1.29 is 14.3 Å². The summed E-state index contributed by atoms with van der Waals surface area (Å²) in [5.41, 5.74) is 4.28. The average Bonchev–Trinajstić information content (AvgIpc) is 3.26. The van der Waals surface area contributed by atoms with Crippen LogP contribution >= 0.6 is 0 Å². The summed E-state index contributed by atoms with van der Waals surface area (Å²) in [6, 6.07) is 18.3. The number of hydrogen-bond donors (Lipinski definition) is 0. The van der Waals surface area contributed by atoms with Gasteiger partial charge in [-0.2, -0.15) is 5.10 Å². The Bertz CT molecular complexity index is 964. The molecule has 168 valence electrons. The number of hydrazone groups is 1. The lowest BCUT2D eigenvalue weighted by atomic mass is 9.96. The third kappa shape index (κ3) is 5.07. The van der Waals surface area contributed by atoms with Gasteiger partial charge in [0.05, 0.1) is 30.8 Å². The Hall–Kier alpha value is -2.99. The van der Waals surface area contributed by atoms with E-state index in [1.165, 1.54) is 5.56 Å². The van der Waals surface area contributed by atoms with Crippen molar-refractivity contribution in [3.05, 3.63) is 71.3 Å². The molecule has 0 radical (unpaired) electrons. The van der Waals surface area contributed by atoms with Crippen molar-refractivity contribution in [2.75, 3.05) is 26.2 Å². The number of piperidine rings is 1. The number of benzene rings is 2. The van der Waals surface area contributed by atoms with E-state index in [-0.39, 0.29) is 23.8 Å². The number of aryl methyl sites for hydroxylation is 1. The van der Waals surface area contributed by atoms with Crippen molar-refractivity contribution in [1.29, 1.82) is 0 Å². The van der Waals surface area contributed by atoms with Crippen molar-refractivity contribution >= 4 is 17.6 Å². The van der Waals surface area contributed by atoms with E-state index in [1.807, 2.05) is 37.3 Å². The molecule has 0 N–H and O–H groups in total. The van der Waals surface area contributed by atoms with Crippen LogP contribution in [-0.2, 0) is 14.3 Å². The predicted octanol–water partition coefficient (Wildman–Crippen LogP) is 3.95. The van der Waals surface area contributed by atoms with Crippen molar-refractivity contribution in [2.24, 2.45) is 11.0 Å². The quantitative estimate of drug-likeness (QED) is 0.647. The second kappa shape index (κ2) is 10.1. The normalized spacial score (nSPS) is 19.6. The van der Waals surface area contributed by atoms with Crippen LogP contribution in [0, 0.1) is 12.8 Å². The monoisotopic (exact) mass is 433 g/mol. The number of carbonyl (C=O) groups is 2. The number of hydrogen-bond acceptors (Lipinski definition) is 5. The van der Waals surface area contributed by atoms with Crippen LogP contribution < -0.4 is 0 Å². The summed E-state index contributed by atoms with van der Waals surface area (Å²) in [5.74, 6) is -0.179. The van der Waals surface area contributed by atoms with Gasteiger partial charge < -0.3 is 4.74 Å². The number of amides is 1. The van der Waals surface area contributed by atoms with Gasteiger partial charge in [-0.15, -0.1) is 0 Å². The molecule has 1 amide bonds. The van der Waals surface area contributed by atoms with E-state index >= 15 is 0 Å². The standard InChI is InChI=1S/C26H31N3O3/c1-3-32-26(31)22-13-15-28(16-14-22)18-25(30)29-24(21-11-9-19(2)10-12-21)17-23(27-29)20-7-5-4-6-8-20/h4-12,22,24H,3,13-18H2,1-2H3/t24-/m1/s1. The first-order chi connectivity index (χ1) is 15.5. The second-order valence-electron chi connectivity index (χ2n) is 8.58. The minimum Gasteiger partial charge on any atom is -0.466 e. The summed E-state index contributed by atoms with van der Waals surface area (Å²) in [5, 5.41) is 6.44. The van der Waals surface area contributed by atoms with Gasteiger partial charge in [0.25, 0.3) is 5.91 Å². The topological polar surface area (TPSA) is 62.2 Å². The lowest BCUT2D eigenvalue weighted by Gasteiger charge is -2.32. The Balaban J connectivity index is 1.47. The van der Waals surface area contributed by atoms with E-state index in [0.29, 0.717) is 32.7 Å². The summed E-state index contributed by atoms with van der Waals surface area (Å²) in [4.78, 5) is 27.5. The van der Waals surface area contributed by atoms with Crippen LogP contribution in [0.2, 0.25) is 0 Å². The molecular formula is C26H31N3O3. The summed E-state index contributed by atoms with van der Waals surface area (Å²) in [7, 11) is 0. The smallest absolute Gasteiger partial charge is 0.309 e. The molecule has 2 aromatic rings. The van der Waals surface area contributed by atoms with Crippen LogP contribution in [0.25, 0.3) is 0 Å². The Morgan fingerprint density at radius 2 is 1.72 bits per heavy atom. The maximum Gasteiger partial charge on any atom is 0.309 e. The highest BCUT2D eigenvalue weighted by Crippen LogP contribution is 2.33. The SMILES string of the molecule is CCOC(=O)C1CCN(CC(=O)N2N=C(c3ccccc3)C[C@@H]2c2ccc(C)cc2)CC1. The zero-order chi connectivity index (χ0) is 22.5. The number of rotatable bonds is 6. The van der Waals surface area contributed by atoms with Gasteiger partial charge in [-0.1, -0.05) is 60.2 Å². The first-order valence-corrected chi connectivity index (χ1v) is 11.5. The molecule has 1 atom stereocenters. The molecule has 0 saturated carbocycles. The van der Waals surface area contributed by atoms with Gasteiger partial charge in [-0.05, 0) is 50.9 Å². The molecule has 32 heavy (non-hydrogen) atoms. The molecule has 2 aromatic carbocycles. The van der Waals surface area contributed by atoms with Crippen LogP contribution in [0.3, 0.4) is 0 Å². The first kappa shape index (κ1) is 22.2. The number of ether oxygens (including phenoxy) is 1. The first-order valence-electron chi connectivity index (χ1n) is 11.5. The van der Waals surface area contributed by atoms with Crippen molar-refractivity contribution in [2.45, 2.75) is 39.2 Å². The van der Waals surface area contributed by atoms with E-state index in [9.17, 15) is 9.59 Å². The van der Waals surface area contributed by atoms with E-state index in [2.05, 4.69) is 36.1 Å². The molecule has 6 heteroatoms. The molecular weight excluding hydrogens is 402 g/mol. The summed E-state index contributed by atoms with van der Waals surface area (Å²) in [6.45, 7) is 6.04. The zero-order valence-corrected chi connectivity index (χ0v) is 18.9. The maximum atomic E-state index is 13.3. The largest absolute Gasteiger partial charge is 0.466 e. The Labute approximate surface area is 189 Å². The van der Waals surface area contributed by atoms with Gasteiger partial charge in [-0.25, -0.2) is 5.01 Å². The average molecular weight is 434 g/mol. The molecule has 4 rings (SSSR count). The fourth-order valence-electron chi connectivity index (χ4n) is 4.44. The highest BCUT2D eigenvalue weighted by atomic mass is 16.5. The van der Waals surface area contributed by atoms with Crippen LogP contribution in [-0.4, -0.2) is 53.7 Å². The molecule has 2 aliphatic heterocycles. The highest BCUT2D eigenvalue weighted by Gasteiger charge is 2.34. The van der Waals surface area contributed by atoms with E-state index in [1.54, 1.807) is 5.01 Å². The molecule has 1 saturated heterocycles. The maximum absolute atomic E-state index is 13.3. The third-order valence-electron chi connectivity index (χ3n) is 6.30. The molecule has 0 bridgehead atoms. The highest BCUT2D eigenvalue weighted by molar-refractivity contribution is 6.03. The Morgan fingerprint density at radius 3 is 2.38 bits per heavy atom. The molecule has 0 aliphatic carbocycles. The lowest BCUT2D eigenvalue weighted by Crippen LogP contribution is -2.43. The van der Waals surface area contributed by atoms with Crippen LogP contribution in [0.15, 0.2) is 59.7 Å². The van der Waals surface area contributed by atoms with Gasteiger partial charge >= 0.3 is 5.97 Å². The Morgan fingerprint density at radius 1 is 1.03 bits per heavy atom.